The number of nitrogens with two attached hydrogens (primary N) is 1. The highest BCUT2D eigenvalue weighted by molar-refractivity contribution is 5.62. The summed E-state index contributed by atoms with van der Waals surface area (Å²) in [6, 6.07) is 7.47. The minimum absolute atomic E-state index is 0.428. The lowest BCUT2D eigenvalue weighted by Crippen LogP contribution is -2.20. The first-order chi connectivity index (χ1) is 9.29. The number of hydrogen-bond donors (Lipinski definition) is 2. The zero-order chi connectivity index (χ0) is 13.5. The number of nitrogens with zero attached hydrogens (tertiary/aromatic N) is 1. The Morgan fingerprint density at radius 3 is 2.84 bits per heavy atom. The molecule has 0 unspecified atom stereocenters. The molecule has 0 saturated heterocycles. The van der Waals surface area contributed by atoms with Crippen LogP contribution < -0.4 is 11.1 Å². The first kappa shape index (κ1) is 13.7. The number of hydrogen-bond acceptors (Lipinski definition) is 4. The van der Waals surface area contributed by atoms with Crippen LogP contribution in [0.3, 0.4) is 0 Å². The SMILES string of the molecule is N#Cc1cc(N)ccc1NCCOC1CCCCC1. The quantitative estimate of drug-likeness (QED) is 0.630. The summed E-state index contributed by atoms with van der Waals surface area (Å²) in [5.41, 5.74) is 7.67. The van der Waals surface area contributed by atoms with E-state index in [2.05, 4.69) is 11.4 Å². The minimum atomic E-state index is 0.428. The van der Waals surface area contributed by atoms with Gasteiger partial charge in [0, 0.05) is 12.2 Å². The molecule has 0 aromatic heterocycles. The normalized spacial score (nSPS) is 15.9. The van der Waals surface area contributed by atoms with Crippen molar-refractivity contribution >= 4 is 11.4 Å². The predicted octanol–water partition coefficient (Wildman–Crippen LogP) is 2.90. The van der Waals surface area contributed by atoms with Crippen LogP contribution in [0.25, 0.3) is 0 Å². The Labute approximate surface area is 114 Å². The van der Waals surface area contributed by atoms with Gasteiger partial charge in [-0.3, -0.25) is 0 Å². The summed E-state index contributed by atoms with van der Waals surface area (Å²) >= 11 is 0. The molecule has 19 heavy (non-hydrogen) atoms. The van der Waals surface area contributed by atoms with Gasteiger partial charge in [0.1, 0.15) is 6.07 Å². The van der Waals surface area contributed by atoms with Crippen LogP contribution in [-0.2, 0) is 4.74 Å². The van der Waals surface area contributed by atoms with E-state index in [1.807, 2.05) is 6.07 Å². The van der Waals surface area contributed by atoms with Crippen LogP contribution >= 0.6 is 0 Å². The summed E-state index contributed by atoms with van der Waals surface area (Å²) in [5.74, 6) is 0. The topological polar surface area (TPSA) is 71.1 Å². The molecule has 1 aromatic carbocycles. The summed E-state index contributed by atoms with van der Waals surface area (Å²) in [7, 11) is 0. The van der Waals surface area contributed by atoms with E-state index in [1.54, 1.807) is 12.1 Å². The van der Waals surface area contributed by atoms with Crippen LogP contribution in [0.4, 0.5) is 11.4 Å². The van der Waals surface area contributed by atoms with E-state index in [-0.39, 0.29) is 0 Å². The number of benzene rings is 1. The van der Waals surface area contributed by atoms with Gasteiger partial charge in [-0.2, -0.15) is 5.26 Å². The molecule has 0 aliphatic heterocycles. The van der Waals surface area contributed by atoms with E-state index < -0.39 is 0 Å². The maximum absolute atomic E-state index is 9.03. The molecule has 1 aliphatic carbocycles. The van der Waals surface area contributed by atoms with Gasteiger partial charge in [0.25, 0.3) is 0 Å². The maximum Gasteiger partial charge on any atom is 0.101 e. The molecular weight excluding hydrogens is 238 g/mol. The van der Waals surface area contributed by atoms with Gasteiger partial charge >= 0.3 is 0 Å². The van der Waals surface area contributed by atoms with Gasteiger partial charge in [0.15, 0.2) is 0 Å². The van der Waals surface area contributed by atoms with E-state index in [0.717, 1.165) is 12.2 Å². The van der Waals surface area contributed by atoms with E-state index in [9.17, 15) is 0 Å². The molecule has 0 amide bonds. The molecular formula is C15H21N3O. The zero-order valence-corrected chi connectivity index (χ0v) is 11.2. The van der Waals surface area contributed by atoms with E-state index in [0.29, 0.717) is 24.0 Å². The van der Waals surface area contributed by atoms with Crippen LogP contribution in [0.1, 0.15) is 37.7 Å². The van der Waals surface area contributed by atoms with Crippen molar-refractivity contribution in [3.63, 3.8) is 0 Å². The Morgan fingerprint density at radius 2 is 2.11 bits per heavy atom. The van der Waals surface area contributed by atoms with Gasteiger partial charge in [0.05, 0.1) is 24.0 Å². The lowest BCUT2D eigenvalue weighted by Gasteiger charge is -2.22. The smallest absolute Gasteiger partial charge is 0.101 e. The number of ether oxygens (including phenoxy) is 1. The predicted molar refractivity (Wildman–Crippen MR) is 76.9 cm³/mol. The van der Waals surface area contributed by atoms with Gasteiger partial charge in [-0.15, -0.1) is 0 Å². The third-order valence-electron chi connectivity index (χ3n) is 3.49. The molecule has 0 heterocycles. The summed E-state index contributed by atoms with van der Waals surface area (Å²) in [6.45, 7) is 1.40. The lowest BCUT2D eigenvalue weighted by atomic mass is 9.98. The van der Waals surface area contributed by atoms with Crippen LogP contribution in [0.15, 0.2) is 18.2 Å². The van der Waals surface area contributed by atoms with Gasteiger partial charge in [-0.25, -0.2) is 0 Å². The van der Waals surface area contributed by atoms with Gasteiger partial charge < -0.3 is 15.8 Å². The monoisotopic (exact) mass is 259 g/mol. The highest BCUT2D eigenvalue weighted by Gasteiger charge is 2.13. The average molecular weight is 259 g/mol. The Morgan fingerprint density at radius 1 is 1.32 bits per heavy atom. The molecule has 102 valence electrons. The summed E-state index contributed by atoms with van der Waals surface area (Å²) in [4.78, 5) is 0. The van der Waals surface area contributed by atoms with Crippen molar-refractivity contribution in [2.75, 3.05) is 24.2 Å². The number of nitriles is 1. The van der Waals surface area contributed by atoms with Crippen LogP contribution in [0.5, 0.6) is 0 Å². The molecule has 2 rings (SSSR count). The fourth-order valence-electron chi connectivity index (χ4n) is 2.45. The number of nitrogen functional groups attached to an aromatic ring is 1. The van der Waals surface area contributed by atoms with Crippen molar-refractivity contribution < 1.29 is 4.74 Å². The molecule has 0 atom stereocenters. The standard InChI is InChI=1S/C15H21N3O/c16-11-12-10-13(17)6-7-15(12)18-8-9-19-14-4-2-1-3-5-14/h6-7,10,14,18H,1-5,8-9,17H2. The maximum atomic E-state index is 9.03. The average Bonchev–Trinajstić information content (AvgIpc) is 2.46. The lowest BCUT2D eigenvalue weighted by molar-refractivity contribution is 0.0347. The van der Waals surface area contributed by atoms with Crippen molar-refractivity contribution in [2.45, 2.75) is 38.2 Å². The van der Waals surface area contributed by atoms with Crippen molar-refractivity contribution in [1.82, 2.24) is 0 Å². The van der Waals surface area contributed by atoms with Crippen LogP contribution in [-0.4, -0.2) is 19.3 Å². The van der Waals surface area contributed by atoms with E-state index in [4.69, 9.17) is 15.7 Å². The van der Waals surface area contributed by atoms with Crippen LogP contribution in [0.2, 0.25) is 0 Å². The third kappa shape index (κ3) is 4.15. The Balaban J connectivity index is 1.75. The fraction of sp³-hybridized carbons (Fsp3) is 0.533. The molecule has 1 saturated carbocycles. The number of rotatable bonds is 5. The summed E-state index contributed by atoms with van der Waals surface area (Å²) in [6.07, 6.45) is 6.71. The summed E-state index contributed by atoms with van der Waals surface area (Å²) in [5, 5.41) is 12.3. The van der Waals surface area contributed by atoms with Crippen molar-refractivity contribution in [3.8, 4) is 6.07 Å². The number of nitrogens with one attached hydrogen (secondary N) is 1. The Bertz CT molecular complexity index is 447. The van der Waals surface area contributed by atoms with Gasteiger partial charge in [-0.05, 0) is 31.0 Å². The molecule has 1 fully saturated rings. The highest BCUT2D eigenvalue weighted by atomic mass is 16.5. The van der Waals surface area contributed by atoms with Gasteiger partial charge in [0.2, 0.25) is 0 Å². The molecule has 1 aromatic rings. The first-order valence-electron chi connectivity index (χ1n) is 6.94. The third-order valence-corrected chi connectivity index (χ3v) is 3.49. The molecule has 3 N–H and O–H groups in total. The second-order valence-electron chi connectivity index (χ2n) is 4.97. The van der Waals surface area contributed by atoms with E-state index >= 15 is 0 Å². The van der Waals surface area contributed by atoms with Crippen LogP contribution in [0, 0.1) is 11.3 Å². The molecule has 1 aliphatic rings. The fourth-order valence-corrected chi connectivity index (χ4v) is 2.45. The zero-order valence-electron chi connectivity index (χ0n) is 11.2. The molecule has 4 heteroatoms. The highest BCUT2D eigenvalue weighted by Crippen LogP contribution is 2.20. The Kier molecular flexibility index (Phi) is 5.05. The minimum Gasteiger partial charge on any atom is -0.399 e. The Hall–Kier alpha value is -1.73. The largest absolute Gasteiger partial charge is 0.399 e. The number of anilines is 2. The van der Waals surface area contributed by atoms with Crippen molar-refractivity contribution in [2.24, 2.45) is 0 Å². The molecule has 4 nitrogen and oxygen atoms in total. The van der Waals surface area contributed by atoms with Gasteiger partial charge in [-0.1, -0.05) is 19.3 Å². The van der Waals surface area contributed by atoms with E-state index in [1.165, 1.54) is 32.1 Å². The molecule has 0 bridgehead atoms. The second-order valence-corrected chi connectivity index (χ2v) is 4.97. The molecule has 0 spiro atoms. The first-order valence-corrected chi connectivity index (χ1v) is 6.94. The second kappa shape index (κ2) is 7.01. The van der Waals surface area contributed by atoms with Crippen molar-refractivity contribution in [3.05, 3.63) is 23.8 Å². The molecule has 0 radical (unpaired) electrons. The van der Waals surface area contributed by atoms with Crippen molar-refractivity contribution in [1.29, 1.82) is 5.26 Å². The summed E-state index contributed by atoms with van der Waals surface area (Å²) < 4.78 is 5.83.